The lowest BCUT2D eigenvalue weighted by atomic mass is 10.0. The molecule has 0 radical (unpaired) electrons. The van der Waals surface area contributed by atoms with Gasteiger partial charge >= 0.3 is 0 Å². The number of likely N-dealkylation sites (tertiary alicyclic amines) is 1. The van der Waals surface area contributed by atoms with E-state index >= 15 is 0 Å². The van der Waals surface area contributed by atoms with E-state index in [1.165, 1.54) is 5.56 Å². The minimum absolute atomic E-state index is 0.0387. The third-order valence-electron chi connectivity index (χ3n) is 5.12. The van der Waals surface area contributed by atoms with Gasteiger partial charge in [0.1, 0.15) is 0 Å². The Morgan fingerprint density at radius 3 is 2.39 bits per heavy atom. The molecule has 1 heterocycles. The van der Waals surface area contributed by atoms with E-state index in [-0.39, 0.29) is 29.8 Å². The van der Waals surface area contributed by atoms with Crippen LogP contribution in [-0.4, -0.2) is 44.9 Å². The van der Waals surface area contributed by atoms with Gasteiger partial charge in [-0.05, 0) is 48.7 Å². The number of nitrogens with zero attached hydrogens (tertiary/aromatic N) is 1. The molecule has 31 heavy (non-hydrogen) atoms. The van der Waals surface area contributed by atoms with Crippen LogP contribution in [0.3, 0.4) is 0 Å². The number of halogens is 3. The molecule has 1 aliphatic heterocycles. The molecular formula is C21H24ClF2N3O3S. The molecule has 0 aromatic heterocycles. The number of piperidine rings is 1. The molecule has 1 aliphatic rings. The van der Waals surface area contributed by atoms with E-state index in [1.807, 2.05) is 24.3 Å². The zero-order chi connectivity index (χ0) is 22.4. The van der Waals surface area contributed by atoms with E-state index in [0.29, 0.717) is 11.1 Å². The highest BCUT2D eigenvalue weighted by Crippen LogP contribution is 2.16. The minimum atomic E-state index is -4.02. The highest BCUT2D eigenvalue weighted by atomic mass is 35.5. The first-order chi connectivity index (χ1) is 14.7. The Balaban J connectivity index is 1.38. The normalized spacial score (nSPS) is 15.7. The number of benzene rings is 2. The first-order valence-electron chi connectivity index (χ1n) is 9.94. The SMILES string of the molecule is O=C(CCNS(=O)(=O)c1ccc(F)c(F)c1)NC1CCN(Cc2ccc(Cl)cc2)CC1. The van der Waals surface area contributed by atoms with Crippen LogP contribution in [0.2, 0.25) is 5.02 Å². The van der Waals surface area contributed by atoms with Gasteiger partial charge in [-0.15, -0.1) is 0 Å². The maximum atomic E-state index is 13.2. The Kier molecular flexibility index (Phi) is 7.99. The quantitative estimate of drug-likeness (QED) is 0.620. The highest BCUT2D eigenvalue weighted by Gasteiger charge is 2.21. The summed E-state index contributed by atoms with van der Waals surface area (Å²) in [5.74, 6) is -2.63. The molecule has 0 spiro atoms. The number of carbonyl (C=O) groups excluding carboxylic acids is 1. The topological polar surface area (TPSA) is 78.5 Å². The molecule has 1 amide bonds. The molecule has 6 nitrogen and oxygen atoms in total. The fourth-order valence-electron chi connectivity index (χ4n) is 3.41. The van der Waals surface area contributed by atoms with Crippen molar-refractivity contribution in [3.05, 3.63) is 64.7 Å². The molecule has 1 saturated heterocycles. The predicted octanol–water partition coefficient (Wildman–Crippen LogP) is 3.07. The molecule has 0 aliphatic carbocycles. The molecule has 2 aromatic rings. The molecule has 2 aromatic carbocycles. The van der Waals surface area contributed by atoms with Crippen LogP contribution in [0.1, 0.15) is 24.8 Å². The van der Waals surface area contributed by atoms with Gasteiger partial charge in [0.25, 0.3) is 0 Å². The van der Waals surface area contributed by atoms with Crippen molar-refractivity contribution in [1.29, 1.82) is 0 Å². The summed E-state index contributed by atoms with van der Waals surface area (Å²) in [6.45, 7) is 2.37. The van der Waals surface area contributed by atoms with Gasteiger partial charge < -0.3 is 5.32 Å². The second-order valence-electron chi connectivity index (χ2n) is 7.47. The molecule has 2 N–H and O–H groups in total. The Morgan fingerprint density at radius 2 is 1.74 bits per heavy atom. The van der Waals surface area contributed by atoms with Crippen LogP contribution in [0, 0.1) is 11.6 Å². The Labute approximate surface area is 185 Å². The minimum Gasteiger partial charge on any atom is -0.353 e. The summed E-state index contributed by atoms with van der Waals surface area (Å²) in [6, 6.07) is 10.1. The van der Waals surface area contributed by atoms with Gasteiger partial charge in [0.2, 0.25) is 15.9 Å². The van der Waals surface area contributed by atoms with Crippen LogP contribution in [0.15, 0.2) is 47.4 Å². The lowest BCUT2D eigenvalue weighted by molar-refractivity contribution is -0.121. The molecule has 0 atom stereocenters. The monoisotopic (exact) mass is 471 g/mol. The van der Waals surface area contributed by atoms with Crippen LogP contribution >= 0.6 is 11.6 Å². The summed E-state index contributed by atoms with van der Waals surface area (Å²) in [5.41, 5.74) is 1.18. The second kappa shape index (κ2) is 10.5. The predicted molar refractivity (Wildman–Crippen MR) is 114 cm³/mol. The average Bonchev–Trinajstić information content (AvgIpc) is 2.73. The summed E-state index contributed by atoms with van der Waals surface area (Å²) in [6.07, 6.45) is 1.56. The van der Waals surface area contributed by atoms with Gasteiger partial charge in [-0.3, -0.25) is 9.69 Å². The fourth-order valence-corrected chi connectivity index (χ4v) is 4.58. The first kappa shape index (κ1) is 23.6. The molecule has 0 bridgehead atoms. The molecule has 0 saturated carbocycles. The van der Waals surface area contributed by atoms with Crippen molar-refractivity contribution in [2.45, 2.75) is 36.7 Å². The van der Waals surface area contributed by atoms with Crippen LogP contribution in [-0.2, 0) is 21.4 Å². The van der Waals surface area contributed by atoms with Crippen molar-refractivity contribution < 1.29 is 22.0 Å². The maximum Gasteiger partial charge on any atom is 0.240 e. The van der Waals surface area contributed by atoms with Crippen LogP contribution < -0.4 is 10.0 Å². The zero-order valence-corrected chi connectivity index (χ0v) is 18.4. The van der Waals surface area contributed by atoms with E-state index < -0.39 is 21.7 Å². The van der Waals surface area contributed by atoms with Crippen molar-refractivity contribution in [2.24, 2.45) is 0 Å². The van der Waals surface area contributed by atoms with E-state index in [1.54, 1.807) is 0 Å². The fraction of sp³-hybridized carbons (Fsp3) is 0.381. The number of hydrogen-bond donors (Lipinski definition) is 2. The van der Waals surface area contributed by atoms with Crippen LogP contribution in [0.5, 0.6) is 0 Å². The molecule has 10 heteroatoms. The first-order valence-corrected chi connectivity index (χ1v) is 11.8. The third kappa shape index (κ3) is 6.96. The Hall–Kier alpha value is -2.07. The summed E-state index contributed by atoms with van der Waals surface area (Å²) in [4.78, 5) is 14.1. The molecular weight excluding hydrogens is 448 g/mol. The van der Waals surface area contributed by atoms with Crippen molar-refractivity contribution in [3.8, 4) is 0 Å². The van der Waals surface area contributed by atoms with Crippen molar-refractivity contribution in [3.63, 3.8) is 0 Å². The highest BCUT2D eigenvalue weighted by molar-refractivity contribution is 7.89. The average molecular weight is 472 g/mol. The number of rotatable bonds is 8. The van der Waals surface area contributed by atoms with E-state index in [9.17, 15) is 22.0 Å². The zero-order valence-electron chi connectivity index (χ0n) is 16.8. The number of carbonyl (C=O) groups is 1. The summed E-state index contributed by atoms with van der Waals surface area (Å²) < 4.78 is 52.7. The Bertz CT molecular complexity index is 1010. The second-order valence-corrected chi connectivity index (χ2v) is 9.67. The third-order valence-corrected chi connectivity index (χ3v) is 6.83. The lowest BCUT2D eigenvalue weighted by Crippen LogP contribution is -2.45. The van der Waals surface area contributed by atoms with Crippen molar-refractivity contribution in [2.75, 3.05) is 19.6 Å². The van der Waals surface area contributed by atoms with Crippen molar-refractivity contribution in [1.82, 2.24) is 14.9 Å². The van der Waals surface area contributed by atoms with Gasteiger partial charge in [-0.1, -0.05) is 23.7 Å². The van der Waals surface area contributed by atoms with E-state index in [0.717, 1.165) is 44.6 Å². The standard InChI is InChI=1S/C21H24ClF2N3O3S/c22-16-3-1-15(2-4-16)14-27-11-8-17(9-12-27)26-21(28)7-10-25-31(29,30)18-5-6-19(23)20(24)13-18/h1-6,13,17,25H,7-12,14H2,(H,26,28). The van der Waals surface area contributed by atoms with Crippen LogP contribution in [0.25, 0.3) is 0 Å². The van der Waals surface area contributed by atoms with Gasteiger partial charge in [-0.25, -0.2) is 21.9 Å². The maximum absolute atomic E-state index is 13.2. The Morgan fingerprint density at radius 1 is 1.06 bits per heavy atom. The summed E-state index contributed by atoms with van der Waals surface area (Å²) >= 11 is 5.91. The number of sulfonamides is 1. The number of amides is 1. The van der Waals surface area contributed by atoms with Gasteiger partial charge in [0, 0.05) is 43.7 Å². The van der Waals surface area contributed by atoms with E-state index in [4.69, 9.17) is 11.6 Å². The largest absolute Gasteiger partial charge is 0.353 e. The van der Waals surface area contributed by atoms with Gasteiger partial charge in [0.05, 0.1) is 4.90 Å². The number of nitrogens with one attached hydrogen (secondary N) is 2. The molecule has 168 valence electrons. The smallest absolute Gasteiger partial charge is 0.240 e. The van der Waals surface area contributed by atoms with Gasteiger partial charge in [0.15, 0.2) is 11.6 Å². The van der Waals surface area contributed by atoms with Crippen LogP contribution in [0.4, 0.5) is 8.78 Å². The van der Waals surface area contributed by atoms with Crippen molar-refractivity contribution >= 4 is 27.5 Å². The number of hydrogen-bond acceptors (Lipinski definition) is 4. The molecule has 3 rings (SSSR count). The van der Waals surface area contributed by atoms with E-state index in [2.05, 4.69) is 14.9 Å². The summed E-state index contributed by atoms with van der Waals surface area (Å²) in [5, 5.41) is 3.63. The van der Waals surface area contributed by atoms with Gasteiger partial charge in [-0.2, -0.15) is 0 Å². The molecule has 0 unspecified atom stereocenters. The lowest BCUT2D eigenvalue weighted by Gasteiger charge is -2.32. The summed E-state index contributed by atoms with van der Waals surface area (Å²) in [7, 11) is -4.02. The molecule has 1 fully saturated rings.